The summed E-state index contributed by atoms with van der Waals surface area (Å²) in [5, 5.41) is 20.2. The molecule has 2 aliphatic carbocycles. The third-order valence-electron chi connectivity index (χ3n) is 6.07. The average molecular weight is 373 g/mol. The van der Waals surface area contributed by atoms with Gasteiger partial charge in [-0.1, -0.05) is 12.2 Å². The molecule has 144 valence electrons. The maximum atomic E-state index is 10.6. The van der Waals surface area contributed by atoms with Gasteiger partial charge in [-0.2, -0.15) is 0 Å². The molecule has 1 saturated carbocycles. The normalized spacial score (nSPS) is 37.6. The summed E-state index contributed by atoms with van der Waals surface area (Å²) in [6.45, 7) is 0.257. The standard InChI is InChI=1S/C18H23N5O4/c19-16-13-17(21-7-20-16)23(8-22-13)18-15(14(25)12(5-24)27-18)26-6-11-4-9-1-2-10(11)3-9/h1-2,7-12,14-15,18,24-25H,3-6H2,(H2,19,20,21)/t9?,10?,11?,12-,14-,15-,18-/m1/s1. The average Bonchev–Trinajstić information content (AvgIpc) is 3.43. The number of hydrogen-bond donors (Lipinski definition) is 3. The number of nitrogens with zero attached hydrogens (tertiary/aromatic N) is 4. The summed E-state index contributed by atoms with van der Waals surface area (Å²) in [7, 11) is 0. The molecule has 2 aromatic heterocycles. The van der Waals surface area contributed by atoms with Crippen molar-refractivity contribution in [3.8, 4) is 0 Å². The minimum atomic E-state index is -0.939. The highest BCUT2D eigenvalue weighted by Gasteiger charge is 2.47. The lowest BCUT2D eigenvalue weighted by atomic mass is 9.94. The van der Waals surface area contributed by atoms with E-state index in [4.69, 9.17) is 15.2 Å². The molecule has 27 heavy (non-hydrogen) atoms. The number of aromatic nitrogens is 4. The maximum absolute atomic E-state index is 10.6. The highest BCUT2D eigenvalue weighted by Crippen LogP contribution is 2.44. The minimum absolute atomic E-state index is 0.280. The second-order valence-corrected chi connectivity index (χ2v) is 7.66. The highest BCUT2D eigenvalue weighted by atomic mass is 16.6. The number of fused-ring (bicyclic) bond motifs is 3. The second-order valence-electron chi connectivity index (χ2n) is 7.66. The van der Waals surface area contributed by atoms with Crippen molar-refractivity contribution in [2.24, 2.45) is 17.8 Å². The van der Waals surface area contributed by atoms with Crippen LogP contribution in [0, 0.1) is 17.8 Å². The summed E-state index contributed by atoms with van der Waals surface area (Å²) >= 11 is 0. The number of aliphatic hydroxyl groups excluding tert-OH is 2. The van der Waals surface area contributed by atoms with Gasteiger partial charge in [0.25, 0.3) is 0 Å². The van der Waals surface area contributed by atoms with Gasteiger partial charge in [-0.3, -0.25) is 4.57 Å². The molecule has 9 heteroatoms. The highest BCUT2D eigenvalue weighted by molar-refractivity contribution is 5.81. The zero-order chi connectivity index (χ0) is 18.5. The summed E-state index contributed by atoms with van der Waals surface area (Å²) in [4.78, 5) is 12.5. The van der Waals surface area contributed by atoms with Gasteiger partial charge in [0.2, 0.25) is 0 Å². The van der Waals surface area contributed by atoms with E-state index in [2.05, 4.69) is 27.1 Å². The van der Waals surface area contributed by atoms with Crippen LogP contribution in [0.4, 0.5) is 5.82 Å². The van der Waals surface area contributed by atoms with E-state index in [0.717, 1.165) is 6.42 Å². The first-order chi connectivity index (χ1) is 13.2. The van der Waals surface area contributed by atoms with Gasteiger partial charge in [0.1, 0.15) is 30.2 Å². The van der Waals surface area contributed by atoms with E-state index < -0.39 is 24.5 Å². The Labute approximate surface area is 155 Å². The van der Waals surface area contributed by atoms with E-state index in [1.807, 2.05) is 0 Å². The van der Waals surface area contributed by atoms with Crippen molar-refractivity contribution in [1.29, 1.82) is 0 Å². The van der Waals surface area contributed by atoms with Crippen molar-refractivity contribution in [2.75, 3.05) is 18.9 Å². The molecule has 0 amide bonds. The van der Waals surface area contributed by atoms with Crippen LogP contribution < -0.4 is 5.73 Å². The number of aliphatic hydroxyl groups is 2. The third-order valence-corrected chi connectivity index (χ3v) is 6.07. The minimum Gasteiger partial charge on any atom is -0.394 e. The van der Waals surface area contributed by atoms with Crippen LogP contribution in [0.15, 0.2) is 24.8 Å². The molecule has 2 fully saturated rings. The first-order valence-electron chi connectivity index (χ1n) is 9.33. The smallest absolute Gasteiger partial charge is 0.167 e. The Morgan fingerprint density at radius 1 is 1.26 bits per heavy atom. The lowest BCUT2D eigenvalue weighted by molar-refractivity contribution is -0.0797. The zero-order valence-corrected chi connectivity index (χ0v) is 14.8. The van der Waals surface area contributed by atoms with Gasteiger partial charge in [0.05, 0.1) is 19.5 Å². The molecule has 1 aliphatic heterocycles. The molecule has 0 radical (unpaired) electrons. The lowest BCUT2D eigenvalue weighted by Crippen LogP contribution is -2.36. The SMILES string of the molecule is Nc1ncnc2c1ncn2[C@@H]1O[C@H](CO)[C@@H](O)[C@H]1OCC1CC2C=CC1C2. The van der Waals surface area contributed by atoms with Gasteiger partial charge in [-0.15, -0.1) is 0 Å². The molecule has 0 spiro atoms. The van der Waals surface area contributed by atoms with Gasteiger partial charge in [-0.25, -0.2) is 15.0 Å². The quantitative estimate of drug-likeness (QED) is 0.637. The number of allylic oxidation sites excluding steroid dienone is 2. The van der Waals surface area contributed by atoms with Gasteiger partial charge in [0.15, 0.2) is 17.7 Å². The van der Waals surface area contributed by atoms with Crippen molar-refractivity contribution in [2.45, 2.75) is 37.4 Å². The maximum Gasteiger partial charge on any atom is 0.167 e. The fourth-order valence-electron chi connectivity index (χ4n) is 4.65. The van der Waals surface area contributed by atoms with Crippen LogP contribution in [0.3, 0.4) is 0 Å². The van der Waals surface area contributed by atoms with Crippen LogP contribution in [0.25, 0.3) is 11.2 Å². The molecule has 3 aliphatic rings. The van der Waals surface area contributed by atoms with Crippen molar-refractivity contribution in [3.63, 3.8) is 0 Å². The number of ether oxygens (including phenoxy) is 2. The van der Waals surface area contributed by atoms with Crippen LogP contribution in [0.2, 0.25) is 0 Å². The fourth-order valence-corrected chi connectivity index (χ4v) is 4.65. The Morgan fingerprint density at radius 2 is 2.15 bits per heavy atom. The number of anilines is 1. The number of imidazole rings is 1. The Kier molecular flexibility index (Phi) is 4.12. The molecule has 5 rings (SSSR count). The number of rotatable bonds is 5. The predicted molar refractivity (Wildman–Crippen MR) is 95.3 cm³/mol. The van der Waals surface area contributed by atoms with E-state index >= 15 is 0 Å². The summed E-state index contributed by atoms with van der Waals surface area (Å²) in [5.41, 5.74) is 6.85. The lowest BCUT2D eigenvalue weighted by Gasteiger charge is -2.25. The summed E-state index contributed by atoms with van der Waals surface area (Å²) in [6, 6.07) is 0. The van der Waals surface area contributed by atoms with Crippen molar-refractivity contribution >= 4 is 17.0 Å². The fraction of sp³-hybridized carbons (Fsp3) is 0.611. The Bertz CT molecular complexity index is 871. The molecule has 3 heterocycles. The first-order valence-corrected chi connectivity index (χ1v) is 9.33. The third kappa shape index (κ3) is 2.73. The molecule has 7 atom stereocenters. The van der Waals surface area contributed by atoms with Crippen LogP contribution in [0.5, 0.6) is 0 Å². The molecular formula is C18H23N5O4. The van der Waals surface area contributed by atoms with E-state index in [9.17, 15) is 10.2 Å². The van der Waals surface area contributed by atoms with Crippen LogP contribution in [-0.2, 0) is 9.47 Å². The van der Waals surface area contributed by atoms with Crippen LogP contribution in [-0.4, -0.2) is 61.3 Å². The number of nitrogen functional groups attached to an aromatic ring is 1. The van der Waals surface area contributed by atoms with Crippen molar-refractivity contribution in [3.05, 3.63) is 24.8 Å². The summed E-state index contributed by atoms with van der Waals surface area (Å²) in [5.74, 6) is 1.95. The van der Waals surface area contributed by atoms with Gasteiger partial charge < -0.3 is 25.4 Å². The second kappa shape index (κ2) is 6.52. The Morgan fingerprint density at radius 3 is 2.89 bits per heavy atom. The Hall–Kier alpha value is -2.07. The largest absolute Gasteiger partial charge is 0.394 e. The molecule has 3 unspecified atom stereocenters. The topological polar surface area (TPSA) is 129 Å². The molecule has 1 saturated heterocycles. The van der Waals surface area contributed by atoms with E-state index in [-0.39, 0.29) is 12.4 Å². The first kappa shape index (κ1) is 17.1. The number of hydrogen-bond acceptors (Lipinski definition) is 8. The van der Waals surface area contributed by atoms with Crippen LogP contribution >= 0.6 is 0 Å². The zero-order valence-electron chi connectivity index (χ0n) is 14.8. The van der Waals surface area contributed by atoms with Gasteiger partial charge >= 0.3 is 0 Å². The molecule has 2 aromatic rings. The molecule has 0 aromatic carbocycles. The van der Waals surface area contributed by atoms with Gasteiger partial charge in [-0.05, 0) is 30.6 Å². The van der Waals surface area contributed by atoms with Crippen molar-refractivity contribution < 1.29 is 19.7 Å². The van der Waals surface area contributed by atoms with Crippen LogP contribution in [0.1, 0.15) is 19.1 Å². The molecule has 2 bridgehead atoms. The molecular weight excluding hydrogens is 350 g/mol. The van der Waals surface area contributed by atoms with Gasteiger partial charge in [0, 0.05) is 0 Å². The summed E-state index contributed by atoms with van der Waals surface area (Å²) in [6.07, 6.45) is 6.87. The molecule has 9 nitrogen and oxygen atoms in total. The summed E-state index contributed by atoms with van der Waals surface area (Å²) < 4.78 is 13.7. The van der Waals surface area contributed by atoms with Crippen molar-refractivity contribution in [1.82, 2.24) is 19.5 Å². The Balaban J connectivity index is 1.40. The monoisotopic (exact) mass is 373 g/mol. The molecule has 4 N–H and O–H groups in total. The van der Waals surface area contributed by atoms with E-state index in [0.29, 0.717) is 35.5 Å². The number of nitrogens with two attached hydrogens (primary N) is 1. The van der Waals surface area contributed by atoms with E-state index in [1.54, 1.807) is 10.9 Å². The predicted octanol–water partition coefficient (Wildman–Crippen LogP) is 0.256. The van der Waals surface area contributed by atoms with E-state index in [1.165, 1.54) is 12.7 Å².